The number of nitrogens with one attached hydrogen (secondary N) is 2. The first-order valence-corrected chi connectivity index (χ1v) is 11.9. The Morgan fingerprint density at radius 2 is 1.67 bits per heavy atom. The van der Waals surface area contributed by atoms with E-state index in [-0.39, 0.29) is 23.7 Å². The van der Waals surface area contributed by atoms with Crippen molar-refractivity contribution in [2.75, 3.05) is 19.0 Å². The van der Waals surface area contributed by atoms with E-state index in [4.69, 9.17) is 4.74 Å². The molecule has 0 saturated carbocycles. The van der Waals surface area contributed by atoms with Gasteiger partial charge in [-0.3, -0.25) is 4.79 Å². The number of amides is 1. The molecule has 0 fully saturated rings. The van der Waals surface area contributed by atoms with E-state index in [1.165, 1.54) is 35.6 Å². The zero-order valence-corrected chi connectivity index (χ0v) is 19.8. The third kappa shape index (κ3) is 5.32. The van der Waals surface area contributed by atoms with Crippen LogP contribution in [0.15, 0.2) is 59.5 Å². The molecule has 9 heteroatoms. The lowest BCUT2D eigenvalue weighted by molar-refractivity contribution is 0.0525. The van der Waals surface area contributed by atoms with Crippen LogP contribution in [-0.4, -0.2) is 43.2 Å². The molecule has 2 N–H and O–H groups in total. The average molecular weight is 470 g/mol. The third-order valence-electron chi connectivity index (χ3n) is 5.21. The van der Waals surface area contributed by atoms with E-state index in [2.05, 4.69) is 10.3 Å². The fraction of sp³-hybridized carbons (Fsp3) is 0.250. The van der Waals surface area contributed by atoms with Crippen molar-refractivity contribution >= 4 is 27.6 Å². The van der Waals surface area contributed by atoms with Crippen molar-refractivity contribution in [2.45, 2.75) is 32.2 Å². The van der Waals surface area contributed by atoms with Crippen LogP contribution in [0.1, 0.15) is 44.6 Å². The van der Waals surface area contributed by atoms with E-state index in [0.717, 1.165) is 5.56 Å². The SMILES string of the molecule is CCOC(=O)c1c(C)[nH]c(C(=O)Nc2ccc(S(=O)(=O)N(C)Cc3ccccc3)cc2)c1C. The number of hydrogen-bond donors (Lipinski definition) is 2. The van der Waals surface area contributed by atoms with Gasteiger partial charge in [-0.25, -0.2) is 13.2 Å². The van der Waals surface area contributed by atoms with Gasteiger partial charge in [0.25, 0.3) is 5.91 Å². The second-order valence-corrected chi connectivity index (χ2v) is 9.62. The Hall–Kier alpha value is -3.43. The van der Waals surface area contributed by atoms with Crippen LogP contribution in [0, 0.1) is 13.8 Å². The number of esters is 1. The van der Waals surface area contributed by atoms with Gasteiger partial charge in [0.05, 0.1) is 17.1 Å². The standard InChI is InChI=1S/C24H27N3O5S/c1-5-32-24(29)21-16(2)22(25-17(21)3)23(28)26-19-11-13-20(14-12-19)33(30,31)27(4)15-18-9-7-6-8-10-18/h6-14,25H,5,15H2,1-4H3,(H,26,28). The Morgan fingerprint density at radius 1 is 1.03 bits per heavy atom. The Labute approximate surface area is 193 Å². The zero-order valence-electron chi connectivity index (χ0n) is 19.0. The minimum absolute atomic E-state index is 0.121. The van der Waals surface area contributed by atoms with Gasteiger partial charge in [0.1, 0.15) is 5.69 Å². The molecule has 33 heavy (non-hydrogen) atoms. The van der Waals surface area contributed by atoms with Crippen LogP contribution in [0.5, 0.6) is 0 Å². The Morgan fingerprint density at radius 3 is 2.27 bits per heavy atom. The highest BCUT2D eigenvalue weighted by molar-refractivity contribution is 7.89. The molecule has 0 bridgehead atoms. The lowest BCUT2D eigenvalue weighted by Gasteiger charge is -2.17. The van der Waals surface area contributed by atoms with Gasteiger partial charge in [0, 0.05) is 25.0 Å². The van der Waals surface area contributed by atoms with E-state index in [9.17, 15) is 18.0 Å². The number of rotatable bonds is 8. The van der Waals surface area contributed by atoms with Gasteiger partial charge in [-0.2, -0.15) is 4.31 Å². The molecule has 8 nitrogen and oxygen atoms in total. The van der Waals surface area contributed by atoms with Crippen LogP contribution in [-0.2, 0) is 21.3 Å². The van der Waals surface area contributed by atoms with E-state index >= 15 is 0 Å². The maximum atomic E-state index is 12.9. The summed E-state index contributed by atoms with van der Waals surface area (Å²) in [4.78, 5) is 28.0. The Kier molecular flexibility index (Phi) is 7.35. The smallest absolute Gasteiger partial charge is 0.340 e. The summed E-state index contributed by atoms with van der Waals surface area (Å²) in [5, 5.41) is 2.73. The topological polar surface area (TPSA) is 109 Å². The van der Waals surface area contributed by atoms with Crippen molar-refractivity contribution < 1.29 is 22.7 Å². The first-order chi connectivity index (χ1) is 15.6. The summed E-state index contributed by atoms with van der Waals surface area (Å²) in [6.07, 6.45) is 0. The van der Waals surface area contributed by atoms with Gasteiger partial charge in [-0.05, 0) is 56.2 Å². The lowest BCUT2D eigenvalue weighted by atomic mass is 10.1. The molecule has 1 heterocycles. The van der Waals surface area contributed by atoms with Crippen molar-refractivity contribution in [3.8, 4) is 0 Å². The molecule has 1 aromatic heterocycles. The molecule has 0 atom stereocenters. The number of benzene rings is 2. The van der Waals surface area contributed by atoms with Gasteiger partial charge in [-0.15, -0.1) is 0 Å². The Balaban J connectivity index is 1.74. The van der Waals surface area contributed by atoms with E-state index in [1.54, 1.807) is 20.8 Å². The van der Waals surface area contributed by atoms with Gasteiger partial charge < -0.3 is 15.0 Å². The minimum Gasteiger partial charge on any atom is -0.462 e. The van der Waals surface area contributed by atoms with Gasteiger partial charge >= 0.3 is 5.97 Å². The lowest BCUT2D eigenvalue weighted by Crippen LogP contribution is -2.26. The predicted molar refractivity (Wildman–Crippen MR) is 126 cm³/mol. The largest absolute Gasteiger partial charge is 0.462 e. The predicted octanol–water partition coefficient (Wildman–Crippen LogP) is 3.88. The summed E-state index contributed by atoms with van der Waals surface area (Å²) in [6, 6.07) is 15.3. The number of carbonyl (C=O) groups excluding carboxylic acids is 2. The molecule has 0 saturated heterocycles. The summed E-state index contributed by atoms with van der Waals surface area (Å²) in [5.41, 5.74) is 2.92. The monoisotopic (exact) mass is 469 g/mol. The van der Waals surface area contributed by atoms with Crippen LogP contribution in [0.4, 0.5) is 5.69 Å². The summed E-state index contributed by atoms with van der Waals surface area (Å²) >= 11 is 0. The van der Waals surface area contributed by atoms with E-state index in [1.807, 2.05) is 30.3 Å². The van der Waals surface area contributed by atoms with Crippen LogP contribution in [0.2, 0.25) is 0 Å². The minimum atomic E-state index is -3.70. The molecular weight excluding hydrogens is 442 g/mol. The fourth-order valence-electron chi connectivity index (χ4n) is 3.50. The third-order valence-corrected chi connectivity index (χ3v) is 7.03. The van der Waals surface area contributed by atoms with Crippen molar-refractivity contribution in [3.63, 3.8) is 0 Å². The molecule has 0 aliphatic carbocycles. The number of aromatic nitrogens is 1. The van der Waals surface area contributed by atoms with E-state index in [0.29, 0.717) is 22.5 Å². The van der Waals surface area contributed by atoms with Crippen molar-refractivity contribution in [1.82, 2.24) is 9.29 Å². The number of H-pyrrole nitrogens is 1. The number of anilines is 1. The average Bonchev–Trinajstić information content (AvgIpc) is 3.09. The first-order valence-electron chi connectivity index (χ1n) is 10.4. The summed E-state index contributed by atoms with van der Waals surface area (Å²) < 4.78 is 32.1. The molecule has 0 unspecified atom stereocenters. The number of hydrogen-bond acceptors (Lipinski definition) is 5. The van der Waals surface area contributed by atoms with Crippen molar-refractivity contribution in [2.24, 2.45) is 0 Å². The zero-order chi connectivity index (χ0) is 24.2. The fourth-order valence-corrected chi connectivity index (χ4v) is 4.65. The van der Waals surface area contributed by atoms with Crippen LogP contribution < -0.4 is 5.32 Å². The van der Waals surface area contributed by atoms with Gasteiger partial charge in [0.15, 0.2) is 0 Å². The number of aromatic amines is 1. The van der Waals surface area contributed by atoms with Crippen molar-refractivity contribution in [3.05, 3.63) is 82.7 Å². The van der Waals surface area contributed by atoms with Crippen LogP contribution >= 0.6 is 0 Å². The maximum Gasteiger partial charge on any atom is 0.340 e. The summed E-state index contributed by atoms with van der Waals surface area (Å²) in [5.74, 6) is -0.931. The molecule has 0 radical (unpaired) electrons. The first kappa shape index (κ1) is 24.2. The second kappa shape index (κ2) is 10.0. The van der Waals surface area contributed by atoms with Crippen molar-refractivity contribution in [1.29, 1.82) is 0 Å². The normalized spacial score (nSPS) is 11.4. The molecule has 2 aromatic carbocycles. The van der Waals surface area contributed by atoms with E-state index < -0.39 is 21.9 Å². The molecule has 3 rings (SSSR count). The molecule has 0 aliphatic rings. The molecule has 174 valence electrons. The molecule has 0 spiro atoms. The highest BCUT2D eigenvalue weighted by Gasteiger charge is 2.24. The molecular formula is C24H27N3O5S. The van der Waals surface area contributed by atoms with Crippen LogP contribution in [0.3, 0.4) is 0 Å². The van der Waals surface area contributed by atoms with Gasteiger partial charge in [0.2, 0.25) is 10.0 Å². The molecule has 1 amide bonds. The summed E-state index contributed by atoms with van der Waals surface area (Å²) in [7, 11) is -2.17. The number of aryl methyl sites for hydroxylation is 1. The number of carbonyl (C=O) groups is 2. The molecule has 0 aliphatic heterocycles. The van der Waals surface area contributed by atoms with Gasteiger partial charge in [-0.1, -0.05) is 30.3 Å². The van der Waals surface area contributed by atoms with Crippen LogP contribution in [0.25, 0.3) is 0 Å². The quantitative estimate of drug-likeness (QED) is 0.487. The molecule has 3 aromatic rings. The maximum absolute atomic E-state index is 12.9. The number of ether oxygens (including phenoxy) is 1. The Bertz CT molecular complexity index is 1250. The number of nitrogens with zero attached hydrogens (tertiary/aromatic N) is 1. The number of sulfonamides is 1. The second-order valence-electron chi connectivity index (χ2n) is 7.57. The summed E-state index contributed by atoms with van der Waals surface area (Å²) in [6.45, 7) is 5.56. The highest BCUT2D eigenvalue weighted by Crippen LogP contribution is 2.22. The highest BCUT2D eigenvalue weighted by atomic mass is 32.2.